The summed E-state index contributed by atoms with van der Waals surface area (Å²) in [4.78, 5) is 25.8. The fraction of sp³-hybridized carbons (Fsp3) is 0.364. The fourth-order valence-corrected chi connectivity index (χ4v) is 4.85. The Bertz CT molecular complexity index is 1040. The molecule has 1 saturated heterocycles. The molecule has 0 aromatic heterocycles. The van der Waals surface area contributed by atoms with Gasteiger partial charge in [-0.05, 0) is 23.3 Å². The van der Waals surface area contributed by atoms with Gasteiger partial charge in [0.15, 0.2) is 6.61 Å². The summed E-state index contributed by atoms with van der Waals surface area (Å²) in [6, 6.07) is 14.4. The van der Waals surface area contributed by atoms with Crippen LogP contribution in [0.1, 0.15) is 11.1 Å². The molecule has 3 rings (SSSR count). The quantitative estimate of drug-likeness (QED) is 0.508. The topological polar surface area (TPSA) is 93.2 Å². The predicted molar refractivity (Wildman–Crippen MR) is 115 cm³/mol. The highest BCUT2D eigenvalue weighted by atomic mass is 32.2. The maximum atomic E-state index is 12.6. The van der Waals surface area contributed by atoms with Crippen LogP contribution in [0.25, 0.3) is 0 Å². The van der Waals surface area contributed by atoms with E-state index >= 15 is 0 Å². The molecule has 0 radical (unpaired) electrons. The first-order chi connectivity index (χ1) is 15.7. The van der Waals surface area contributed by atoms with Crippen LogP contribution in [0.15, 0.2) is 54.6 Å². The summed E-state index contributed by atoms with van der Waals surface area (Å²) in [6.07, 6.45) is -0.131. The number of esters is 1. The van der Waals surface area contributed by atoms with Crippen molar-refractivity contribution in [2.24, 2.45) is 0 Å². The van der Waals surface area contributed by atoms with Gasteiger partial charge in [0, 0.05) is 26.2 Å². The van der Waals surface area contributed by atoms with Gasteiger partial charge in [-0.1, -0.05) is 42.5 Å². The Morgan fingerprint density at radius 3 is 2.15 bits per heavy atom. The number of hydrogen-bond donors (Lipinski definition) is 0. The van der Waals surface area contributed by atoms with Crippen LogP contribution in [0.4, 0.5) is 8.78 Å². The fourth-order valence-electron chi connectivity index (χ4n) is 3.33. The molecule has 0 unspecified atom stereocenters. The molecule has 8 nitrogen and oxygen atoms in total. The molecule has 11 heteroatoms. The molecule has 1 fully saturated rings. The summed E-state index contributed by atoms with van der Waals surface area (Å²) in [7, 11) is -3.50. The molecular weight excluding hydrogens is 458 g/mol. The average molecular weight is 483 g/mol. The monoisotopic (exact) mass is 482 g/mol. The second-order valence-corrected chi connectivity index (χ2v) is 9.35. The summed E-state index contributed by atoms with van der Waals surface area (Å²) in [5, 5.41) is 0. The average Bonchev–Trinajstić information content (AvgIpc) is 2.79. The van der Waals surface area contributed by atoms with Crippen molar-refractivity contribution in [2.75, 3.05) is 32.8 Å². The van der Waals surface area contributed by atoms with E-state index in [0.717, 1.165) is 0 Å². The van der Waals surface area contributed by atoms with Crippen molar-refractivity contribution in [3.8, 4) is 5.75 Å². The molecule has 178 valence electrons. The van der Waals surface area contributed by atoms with E-state index in [-0.39, 0.29) is 44.1 Å². The first kappa shape index (κ1) is 24.6. The Balaban J connectivity index is 1.41. The van der Waals surface area contributed by atoms with E-state index in [1.165, 1.54) is 33.5 Å². The third-order valence-corrected chi connectivity index (χ3v) is 6.88. The SMILES string of the molecule is O=C(Cc1ccc(OC(F)F)cc1)OCC(=O)N1CCN(S(=O)(=O)Cc2ccccc2)CC1. The minimum Gasteiger partial charge on any atom is -0.455 e. The van der Waals surface area contributed by atoms with Crippen LogP contribution in [-0.4, -0.2) is 68.9 Å². The standard InChI is InChI=1S/C22H24F2N2O6S/c23-22(24)32-19-8-6-17(7-9-19)14-21(28)31-15-20(27)25-10-12-26(13-11-25)33(29,30)16-18-4-2-1-3-5-18/h1-9,22H,10-16H2. The van der Waals surface area contributed by atoms with Crippen molar-refractivity contribution in [1.29, 1.82) is 0 Å². The summed E-state index contributed by atoms with van der Waals surface area (Å²) in [5.41, 5.74) is 1.21. The number of benzene rings is 2. The zero-order valence-electron chi connectivity index (χ0n) is 17.7. The summed E-state index contributed by atoms with van der Waals surface area (Å²) in [6.45, 7) is -2.64. The number of ether oxygens (including phenoxy) is 2. The van der Waals surface area contributed by atoms with Gasteiger partial charge in [0.1, 0.15) is 5.75 Å². The molecule has 2 aromatic carbocycles. The Hall–Kier alpha value is -3.05. The van der Waals surface area contributed by atoms with E-state index < -0.39 is 35.1 Å². The number of piperazine rings is 1. The molecule has 1 heterocycles. The number of halogens is 2. The molecule has 0 N–H and O–H groups in total. The van der Waals surface area contributed by atoms with Crippen LogP contribution in [0.3, 0.4) is 0 Å². The zero-order valence-corrected chi connectivity index (χ0v) is 18.5. The molecule has 0 spiro atoms. The van der Waals surface area contributed by atoms with Crippen LogP contribution in [0.2, 0.25) is 0 Å². The highest BCUT2D eigenvalue weighted by Gasteiger charge is 2.29. The number of alkyl halides is 2. The predicted octanol–water partition coefficient (Wildman–Crippen LogP) is 2.05. The Morgan fingerprint density at radius 2 is 1.55 bits per heavy atom. The van der Waals surface area contributed by atoms with Gasteiger partial charge in [-0.3, -0.25) is 9.59 Å². The van der Waals surface area contributed by atoms with Crippen LogP contribution < -0.4 is 4.74 Å². The van der Waals surface area contributed by atoms with Gasteiger partial charge in [0.2, 0.25) is 10.0 Å². The first-order valence-electron chi connectivity index (χ1n) is 10.2. The molecule has 0 bridgehead atoms. The van der Waals surface area contributed by atoms with E-state index in [2.05, 4.69) is 4.74 Å². The lowest BCUT2D eigenvalue weighted by atomic mass is 10.1. The number of carbonyl (C=O) groups excluding carboxylic acids is 2. The summed E-state index contributed by atoms with van der Waals surface area (Å²) >= 11 is 0. The Labute approximate surface area is 190 Å². The van der Waals surface area contributed by atoms with Gasteiger partial charge in [0.25, 0.3) is 5.91 Å². The highest BCUT2D eigenvalue weighted by Crippen LogP contribution is 2.16. The van der Waals surface area contributed by atoms with Crippen molar-refractivity contribution >= 4 is 21.9 Å². The minimum absolute atomic E-state index is 0.0257. The summed E-state index contributed by atoms with van der Waals surface area (Å²) in [5.74, 6) is -1.18. The Morgan fingerprint density at radius 1 is 0.909 bits per heavy atom. The highest BCUT2D eigenvalue weighted by molar-refractivity contribution is 7.88. The van der Waals surface area contributed by atoms with Crippen molar-refractivity contribution < 1.29 is 36.3 Å². The van der Waals surface area contributed by atoms with Gasteiger partial charge < -0.3 is 14.4 Å². The molecule has 0 atom stereocenters. The number of carbonyl (C=O) groups is 2. The number of nitrogens with zero attached hydrogens (tertiary/aromatic N) is 2. The van der Waals surface area contributed by atoms with Crippen LogP contribution >= 0.6 is 0 Å². The summed E-state index contributed by atoms with van der Waals surface area (Å²) < 4.78 is 60.1. The van der Waals surface area contributed by atoms with Gasteiger partial charge >= 0.3 is 12.6 Å². The molecule has 0 saturated carbocycles. The molecule has 0 aliphatic carbocycles. The lowest BCUT2D eigenvalue weighted by Crippen LogP contribution is -2.51. The number of rotatable bonds is 9. The van der Waals surface area contributed by atoms with Crippen molar-refractivity contribution in [3.05, 3.63) is 65.7 Å². The van der Waals surface area contributed by atoms with Gasteiger partial charge in [0.05, 0.1) is 12.2 Å². The van der Waals surface area contributed by atoms with Crippen molar-refractivity contribution in [1.82, 2.24) is 9.21 Å². The third-order valence-electron chi connectivity index (χ3n) is 5.03. The van der Waals surface area contributed by atoms with Gasteiger partial charge in [-0.25, -0.2) is 8.42 Å². The molecule has 1 aliphatic heterocycles. The van der Waals surface area contributed by atoms with Crippen LogP contribution in [0.5, 0.6) is 5.75 Å². The minimum atomic E-state index is -3.50. The van der Waals surface area contributed by atoms with E-state index in [0.29, 0.717) is 11.1 Å². The maximum Gasteiger partial charge on any atom is 0.387 e. The van der Waals surface area contributed by atoms with Crippen LogP contribution in [-0.2, 0) is 36.5 Å². The molecule has 33 heavy (non-hydrogen) atoms. The lowest BCUT2D eigenvalue weighted by molar-refractivity contribution is -0.152. The molecule has 2 aromatic rings. The zero-order chi connectivity index (χ0) is 23.8. The second-order valence-electron chi connectivity index (χ2n) is 7.38. The second kappa shape index (κ2) is 11.2. The maximum absolute atomic E-state index is 12.6. The number of sulfonamides is 1. The number of amides is 1. The molecular formula is C22H24F2N2O6S. The number of hydrogen-bond acceptors (Lipinski definition) is 6. The van der Waals surface area contributed by atoms with Gasteiger partial charge in [-0.2, -0.15) is 13.1 Å². The molecule has 1 aliphatic rings. The smallest absolute Gasteiger partial charge is 0.387 e. The third kappa shape index (κ3) is 7.50. The first-order valence-corrected chi connectivity index (χ1v) is 11.8. The lowest BCUT2D eigenvalue weighted by Gasteiger charge is -2.33. The van der Waals surface area contributed by atoms with Crippen molar-refractivity contribution in [2.45, 2.75) is 18.8 Å². The normalized spacial score (nSPS) is 14.8. The van der Waals surface area contributed by atoms with Crippen LogP contribution in [0, 0.1) is 0 Å². The van der Waals surface area contributed by atoms with Crippen molar-refractivity contribution in [3.63, 3.8) is 0 Å². The largest absolute Gasteiger partial charge is 0.455 e. The van der Waals surface area contributed by atoms with E-state index in [4.69, 9.17) is 4.74 Å². The van der Waals surface area contributed by atoms with Gasteiger partial charge in [-0.15, -0.1) is 0 Å². The van der Waals surface area contributed by atoms with E-state index in [1.54, 1.807) is 24.3 Å². The molecule has 1 amide bonds. The van der Waals surface area contributed by atoms with E-state index in [9.17, 15) is 26.8 Å². The Kier molecular flexibility index (Phi) is 8.34. The van der Waals surface area contributed by atoms with E-state index in [1.807, 2.05) is 6.07 Å².